The molecule has 0 unspecified atom stereocenters. The zero-order valence-electron chi connectivity index (χ0n) is 16.1. The van der Waals surface area contributed by atoms with Gasteiger partial charge in [-0.05, 0) is 17.9 Å². The quantitative estimate of drug-likeness (QED) is 0.707. The van der Waals surface area contributed by atoms with Crippen LogP contribution in [0.5, 0.6) is 0 Å². The van der Waals surface area contributed by atoms with E-state index in [2.05, 4.69) is 5.32 Å². The molecule has 1 saturated carbocycles. The molecule has 1 aromatic heterocycles. The molecule has 1 aromatic rings. The summed E-state index contributed by atoms with van der Waals surface area (Å²) in [5.74, 6) is 1.41. The van der Waals surface area contributed by atoms with Gasteiger partial charge in [-0.15, -0.1) is 0 Å². The first-order chi connectivity index (χ1) is 12.5. The number of carbonyl (C=O) groups excluding carboxylic acids is 2. The number of hydrogen-bond donors (Lipinski definition) is 1. The van der Waals surface area contributed by atoms with Crippen molar-refractivity contribution in [2.24, 2.45) is 13.0 Å². The van der Waals surface area contributed by atoms with Crippen molar-refractivity contribution in [3.8, 4) is 0 Å². The molecule has 6 heteroatoms. The van der Waals surface area contributed by atoms with E-state index in [1.54, 1.807) is 6.92 Å². The van der Waals surface area contributed by atoms with Gasteiger partial charge in [0.15, 0.2) is 17.5 Å². The van der Waals surface area contributed by atoms with Crippen LogP contribution in [0.15, 0.2) is 24.5 Å². The van der Waals surface area contributed by atoms with Gasteiger partial charge in [-0.25, -0.2) is 9.36 Å². The Morgan fingerprint density at radius 2 is 1.88 bits per heavy atom. The summed E-state index contributed by atoms with van der Waals surface area (Å²) in [5, 5.41) is 3.13. The van der Waals surface area contributed by atoms with Gasteiger partial charge in [-0.2, -0.15) is 0 Å². The zero-order chi connectivity index (χ0) is 18.8. The maximum Gasteiger partial charge on any atom is 0.317 e. The van der Waals surface area contributed by atoms with Crippen LogP contribution in [0.25, 0.3) is 0 Å². The van der Waals surface area contributed by atoms with Crippen LogP contribution in [0.2, 0.25) is 0 Å². The van der Waals surface area contributed by atoms with Gasteiger partial charge in [0.2, 0.25) is 0 Å². The molecular formula is C20H32N3O2S+. The predicted molar refractivity (Wildman–Crippen MR) is 106 cm³/mol. The number of rotatable bonds is 8. The molecule has 5 nitrogen and oxygen atoms in total. The number of pyridine rings is 1. The molecule has 26 heavy (non-hydrogen) atoms. The standard InChI is InChI=1S/C20H31N3O2S/c1-17(24)26-15-14-23(13-10-18-6-4-3-5-7-18)20(25)21-16-19-8-11-22(2)12-9-19/h8-9,11-12,18H,3-7,10,13-16H2,1-2H3/p+1. The van der Waals surface area contributed by atoms with E-state index in [1.165, 1.54) is 43.9 Å². The Bertz CT molecular complexity index is 571. The van der Waals surface area contributed by atoms with Crippen LogP contribution >= 0.6 is 11.8 Å². The van der Waals surface area contributed by atoms with Gasteiger partial charge in [0.05, 0.1) is 0 Å². The van der Waals surface area contributed by atoms with E-state index in [1.807, 2.05) is 41.0 Å². The minimum atomic E-state index is -0.0295. The molecule has 1 aliphatic carbocycles. The number of thioether (sulfide) groups is 1. The predicted octanol–water partition coefficient (Wildman–Crippen LogP) is 3.27. The molecule has 0 bridgehead atoms. The maximum atomic E-state index is 12.6. The minimum absolute atomic E-state index is 0.0295. The Morgan fingerprint density at radius 1 is 1.19 bits per heavy atom. The van der Waals surface area contributed by atoms with Crippen LogP contribution in [-0.4, -0.2) is 34.9 Å². The second kappa shape index (κ2) is 11.2. The maximum absolute atomic E-state index is 12.6. The lowest BCUT2D eigenvalue weighted by molar-refractivity contribution is -0.671. The molecule has 1 fully saturated rings. The summed E-state index contributed by atoms with van der Waals surface area (Å²) >= 11 is 1.29. The molecule has 144 valence electrons. The van der Waals surface area contributed by atoms with Crippen molar-refractivity contribution in [1.82, 2.24) is 10.2 Å². The lowest BCUT2D eigenvalue weighted by atomic mass is 9.87. The number of carbonyl (C=O) groups is 2. The van der Waals surface area contributed by atoms with Gasteiger partial charge >= 0.3 is 6.03 Å². The largest absolute Gasteiger partial charge is 0.334 e. The first-order valence-electron chi connectivity index (χ1n) is 9.65. The van der Waals surface area contributed by atoms with Crippen molar-refractivity contribution in [3.05, 3.63) is 30.1 Å². The second-order valence-electron chi connectivity index (χ2n) is 7.15. The van der Waals surface area contributed by atoms with Crippen LogP contribution in [0, 0.1) is 5.92 Å². The highest BCUT2D eigenvalue weighted by molar-refractivity contribution is 8.13. The zero-order valence-corrected chi connectivity index (χ0v) is 16.9. The number of nitrogens with one attached hydrogen (secondary N) is 1. The monoisotopic (exact) mass is 378 g/mol. The molecule has 0 spiro atoms. The van der Waals surface area contributed by atoms with Crippen molar-refractivity contribution in [2.75, 3.05) is 18.8 Å². The topological polar surface area (TPSA) is 53.3 Å². The molecular weight excluding hydrogens is 346 g/mol. The fraction of sp³-hybridized carbons (Fsp3) is 0.650. The summed E-state index contributed by atoms with van der Waals surface area (Å²) in [4.78, 5) is 25.7. The summed E-state index contributed by atoms with van der Waals surface area (Å²) in [6, 6.07) is 3.99. The van der Waals surface area contributed by atoms with E-state index in [0.29, 0.717) is 18.8 Å². The van der Waals surface area contributed by atoms with Crippen LogP contribution in [-0.2, 0) is 18.4 Å². The number of amides is 2. The van der Waals surface area contributed by atoms with Gasteiger partial charge in [0, 0.05) is 44.4 Å². The Morgan fingerprint density at radius 3 is 2.54 bits per heavy atom. The van der Waals surface area contributed by atoms with Crippen molar-refractivity contribution in [3.63, 3.8) is 0 Å². The second-order valence-corrected chi connectivity index (χ2v) is 8.42. The molecule has 1 N–H and O–H groups in total. The normalized spacial score (nSPS) is 14.8. The van der Waals surface area contributed by atoms with E-state index < -0.39 is 0 Å². The molecule has 0 atom stereocenters. The van der Waals surface area contributed by atoms with E-state index in [-0.39, 0.29) is 11.1 Å². The molecule has 0 saturated heterocycles. The summed E-state index contributed by atoms with van der Waals surface area (Å²) < 4.78 is 1.97. The lowest BCUT2D eigenvalue weighted by Gasteiger charge is -2.27. The molecule has 2 rings (SSSR count). The van der Waals surface area contributed by atoms with E-state index >= 15 is 0 Å². The van der Waals surface area contributed by atoms with Crippen LogP contribution in [0.1, 0.15) is 51.0 Å². The van der Waals surface area contributed by atoms with Crippen molar-refractivity contribution in [2.45, 2.75) is 52.0 Å². The van der Waals surface area contributed by atoms with E-state index in [4.69, 9.17) is 0 Å². The van der Waals surface area contributed by atoms with Gasteiger partial charge in [-0.1, -0.05) is 43.9 Å². The molecule has 0 radical (unpaired) electrons. The number of urea groups is 1. The van der Waals surface area contributed by atoms with Crippen LogP contribution in [0.4, 0.5) is 4.79 Å². The highest BCUT2D eigenvalue weighted by Gasteiger charge is 2.18. The Balaban J connectivity index is 1.83. The molecule has 2 amide bonds. The number of nitrogens with zero attached hydrogens (tertiary/aromatic N) is 2. The van der Waals surface area contributed by atoms with E-state index in [9.17, 15) is 9.59 Å². The average molecular weight is 379 g/mol. The van der Waals surface area contributed by atoms with Gasteiger partial charge < -0.3 is 10.2 Å². The fourth-order valence-corrected chi connectivity index (χ4v) is 3.97. The lowest BCUT2D eigenvalue weighted by Crippen LogP contribution is -2.42. The molecule has 1 aliphatic rings. The first-order valence-corrected chi connectivity index (χ1v) is 10.6. The van der Waals surface area contributed by atoms with Crippen molar-refractivity contribution >= 4 is 22.9 Å². The minimum Gasteiger partial charge on any atom is -0.334 e. The third-order valence-electron chi connectivity index (χ3n) is 4.98. The molecule has 0 aromatic carbocycles. The smallest absolute Gasteiger partial charge is 0.317 e. The van der Waals surface area contributed by atoms with Gasteiger partial charge in [0.1, 0.15) is 7.05 Å². The van der Waals surface area contributed by atoms with Crippen molar-refractivity contribution in [1.29, 1.82) is 0 Å². The summed E-state index contributed by atoms with van der Waals surface area (Å²) in [6.45, 7) is 3.50. The summed E-state index contributed by atoms with van der Waals surface area (Å²) in [5.41, 5.74) is 1.08. The SMILES string of the molecule is CC(=O)SCCN(CCC1CCCCC1)C(=O)NCc1cc[n+](C)cc1. The summed E-state index contributed by atoms with van der Waals surface area (Å²) in [6.07, 6.45) is 11.6. The fourth-order valence-electron chi connectivity index (χ4n) is 3.37. The average Bonchev–Trinajstić information content (AvgIpc) is 2.64. The molecule has 0 aliphatic heterocycles. The highest BCUT2D eigenvalue weighted by Crippen LogP contribution is 2.26. The Hall–Kier alpha value is -1.56. The third-order valence-corrected chi connectivity index (χ3v) is 5.77. The highest BCUT2D eigenvalue weighted by atomic mass is 32.2. The number of aromatic nitrogens is 1. The van der Waals surface area contributed by atoms with Crippen molar-refractivity contribution < 1.29 is 14.2 Å². The third kappa shape index (κ3) is 7.77. The number of hydrogen-bond acceptors (Lipinski definition) is 3. The number of aryl methyl sites for hydroxylation is 1. The molecule has 1 heterocycles. The van der Waals surface area contributed by atoms with Gasteiger partial charge in [0.25, 0.3) is 0 Å². The van der Waals surface area contributed by atoms with E-state index in [0.717, 1.165) is 24.4 Å². The Kier molecular flexibility index (Phi) is 8.95. The van der Waals surface area contributed by atoms with Gasteiger partial charge in [-0.3, -0.25) is 4.79 Å². The summed E-state index contributed by atoms with van der Waals surface area (Å²) in [7, 11) is 1.97. The Labute approximate surface area is 161 Å². The first kappa shape index (κ1) is 20.7. The van der Waals surface area contributed by atoms with Crippen LogP contribution < -0.4 is 9.88 Å². The van der Waals surface area contributed by atoms with Crippen LogP contribution in [0.3, 0.4) is 0 Å².